The molecule has 288 valence electrons. The van der Waals surface area contributed by atoms with Crippen LogP contribution in [0.1, 0.15) is 62.9 Å². The molecule has 0 radical (unpaired) electrons. The topological polar surface area (TPSA) is 98.2 Å². The van der Waals surface area contributed by atoms with Gasteiger partial charge in [-0.05, 0) is 118 Å². The third-order valence-electron chi connectivity index (χ3n) is 10.3. The first-order valence-corrected chi connectivity index (χ1v) is 20.6. The van der Waals surface area contributed by atoms with Crippen molar-refractivity contribution in [3.8, 4) is 16.9 Å². The van der Waals surface area contributed by atoms with Crippen LogP contribution in [0.15, 0.2) is 83.5 Å². The van der Waals surface area contributed by atoms with Crippen LogP contribution in [-0.2, 0) is 37.4 Å². The lowest BCUT2D eigenvalue weighted by Gasteiger charge is -2.38. The maximum Gasteiger partial charge on any atom is 0.251 e. The van der Waals surface area contributed by atoms with E-state index in [4.69, 9.17) is 14.2 Å². The molecular formula is C43H55N5O5S. The van der Waals surface area contributed by atoms with E-state index in [-0.39, 0.29) is 5.91 Å². The van der Waals surface area contributed by atoms with Crippen LogP contribution >= 0.6 is 0 Å². The predicted molar refractivity (Wildman–Crippen MR) is 217 cm³/mol. The van der Waals surface area contributed by atoms with Crippen LogP contribution in [0, 0.1) is 6.92 Å². The number of aryl methyl sites for hydroxylation is 2. The highest BCUT2D eigenvalue weighted by Gasteiger charge is 2.25. The van der Waals surface area contributed by atoms with Gasteiger partial charge in [-0.1, -0.05) is 31.5 Å². The average Bonchev–Trinajstić information content (AvgIpc) is 3.53. The Morgan fingerprint density at radius 1 is 1.02 bits per heavy atom. The van der Waals surface area contributed by atoms with Crippen LogP contribution < -0.4 is 15.0 Å². The van der Waals surface area contributed by atoms with E-state index >= 15 is 0 Å². The minimum atomic E-state index is -1.23. The monoisotopic (exact) mass is 753 g/mol. The third kappa shape index (κ3) is 10.3. The maximum atomic E-state index is 13.9. The molecule has 10 nitrogen and oxygen atoms in total. The molecule has 54 heavy (non-hydrogen) atoms. The van der Waals surface area contributed by atoms with Crippen LogP contribution in [0.5, 0.6) is 5.75 Å². The Morgan fingerprint density at radius 2 is 1.81 bits per heavy atom. The molecule has 0 spiro atoms. The number of unbranched alkanes of at least 4 members (excludes halogenated alkanes) is 1. The van der Waals surface area contributed by atoms with Gasteiger partial charge in [-0.2, -0.15) is 0 Å². The summed E-state index contributed by atoms with van der Waals surface area (Å²) in [6.45, 7) is 11.9. The van der Waals surface area contributed by atoms with E-state index in [0.29, 0.717) is 48.7 Å². The predicted octanol–water partition coefficient (Wildman–Crippen LogP) is 7.68. The molecule has 3 aromatic carbocycles. The first-order valence-electron chi connectivity index (χ1n) is 19.3. The largest absolute Gasteiger partial charge is 0.491 e. The number of nitrogens with one attached hydrogen (secondary N) is 1. The van der Waals surface area contributed by atoms with E-state index in [0.717, 1.165) is 104 Å². The highest BCUT2D eigenvalue weighted by Crippen LogP contribution is 2.34. The molecule has 2 aliphatic heterocycles. The third-order valence-corrected chi connectivity index (χ3v) is 11.6. The molecule has 2 atom stereocenters. The van der Waals surface area contributed by atoms with Gasteiger partial charge in [0.1, 0.15) is 12.4 Å². The number of ether oxygens (including phenoxy) is 3. The summed E-state index contributed by atoms with van der Waals surface area (Å²) in [6, 6.07) is 22.5. The Balaban J connectivity index is 1.19. The van der Waals surface area contributed by atoms with E-state index in [2.05, 4.69) is 77.4 Å². The highest BCUT2D eigenvalue weighted by molar-refractivity contribution is 7.84. The van der Waals surface area contributed by atoms with Gasteiger partial charge < -0.3 is 29.0 Å². The highest BCUT2D eigenvalue weighted by atomic mass is 32.2. The molecule has 0 aliphatic carbocycles. The second kappa shape index (κ2) is 19.3. The molecule has 3 heterocycles. The molecule has 1 N–H and O–H groups in total. The van der Waals surface area contributed by atoms with Gasteiger partial charge in [-0.25, -0.2) is 4.98 Å². The number of fused-ring (bicyclic) bond motifs is 1. The molecular weight excluding hydrogens is 699 g/mol. The van der Waals surface area contributed by atoms with Crippen molar-refractivity contribution >= 4 is 34.2 Å². The van der Waals surface area contributed by atoms with Gasteiger partial charge >= 0.3 is 0 Å². The minimum Gasteiger partial charge on any atom is -0.491 e. The molecule has 1 amide bonds. The fourth-order valence-corrected chi connectivity index (χ4v) is 8.20. The summed E-state index contributed by atoms with van der Waals surface area (Å²) < 4.78 is 32.5. The SMILES string of the molecule is CCCCOCCOc1ccc(-c2ccc3c(c2)/C=C(/C(=O)Nc2ccc(S(=O)Cc4c(C)ncn4CC)cc2)CCCN3CC2CCOCN2C)cc1. The maximum absolute atomic E-state index is 13.9. The van der Waals surface area contributed by atoms with E-state index < -0.39 is 10.8 Å². The normalized spacial score (nSPS) is 17.9. The lowest BCUT2D eigenvalue weighted by atomic mass is 9.96. The zero-order valence-electron chi connectivity index (χ0n) is 32.2. The van der Waals surface area contributed by atoms with Crippen molar-refractivity contribution in [1.29, 1.82) is 0 Å². The van der Waals surface area contributed by atoms with Crippen molar-refractivity contribution in [3.63, 3.8) is 0 Å². The Kier molecular flexibility index (Phi) is 14.1. The number of hydrogen-bond donors (Lipinski definition) is 1. The molecule has 0 saturated carbocycles. The van der Waals surface area contributed by atoms with Gasteiger partial charge in [0.2, 0.25) is 0 Å². The van der Waals surface area contributed by atoms with Gasteiger partial charge in [0.25, 0.3) is 5.91 Å². The Labute approximate surface area is 323 Å². The van der Waals surface area contributed by atoms with Crippen LogP contribution in [0.2, 0.25) is 0 Å². The van der Waals surface area contributed by atoms with Gasteiger partial charge in [0.05, 0.1) is 47.6 Å². The number of rotatable bonds is 16. The lowest BCUT2D eigenvalue weighted by molar-refractivity contribution is -0.112. The van der Waals surface area contributed by atoms with Gasteiger partial charge in [-0.15, -0.1) is 0 Å². The molecule has 1 fully saturated rings. The Bertz CT molecular complexity index is 1890. The fourth-order valence-electron chi connectivity index (χ4n) is 6.97. The molecule has 2 unspecified atom stereocenters. The van der Waals surface area contributed by atoms with Crippen molar-refractivity contribution in [2.75, 3.05) is 63.5 Å². The van der Waals surface area contributed by atoms with Crippen molar-refractivity contribution in [1.82, 2.24) is 14.5 Å². The fraction of sp³-hybridized carbons (Fsp3) is 0.442. The molecule has 4 aromatic rings. The summed E-state index contributed by atoms with van der Waals surface area (Å²) in [5.41, 5.74) is 7.58. The number of hydrogen-bond acceptors (Lipinski definition) is 8. The summed E-state index contributed by atoms with van der Waals surface area (Å²) in [5.74, 6) is 1.09. The summed E-state index contributed by atoms with van der Waals surface area (Å²) in [4.78, 5) is 23.7. The number of carbonyl (C=O) groups excluding carboxylic acids is 1. The minimum absolute atomic E-state index is 0.125. The number of benzene rings is 3. The van der Waals surface area contributed by atoms with Crippen molar-refractivity contribution in [3.05, 3.63) is 95.6 Å². The number of anilines is 2. The second-order valence-electron chi connectivity index (χ2n) is 14.1. The quantitative estimate of drug-likeness (QED) is 0.117. The first-order chi connectivity index (χ1) is 26.3. The van der Waals surface area contributed by atoms with Crippen molar-refractivity contribution < 1.29 is 23.2 Å². The summed E-state index contributed by atoms with van der Waals surface area (Å²) in [5, 5.41) is 3.12. The van der Waals surface area contributed by atoms with Gasteiger partial charge in [0.15, 0.2) is 0 Å². The van der Waals surface area contributed by atoms with Crippen LogP contribution in [0.25, 0.3) is 17.2 Å². The average molecular weight is 754 g/mol. The molecule has 1 aromatic heterocycles. The van der Waals surface area contributed by atoms with E-state index in [1.54, 1.807) is 6.33 Å². The number of likely N-dealkylation sites (N-methyl/N-ethyl adjacent to an activating group) is 1. The van der Waals surface area contributed by atoms with Crippen LogP contribution in [0.4, 0.5) is 11.4 Å². The Hall–Kier alpha value is -4.29. The van der Waals surface area contributed by atoms with E-state index in [1.807, 2.05) is 47.9 Å². The number of imidazole rings is 1. The Morgan fingerprint density at radius 3 is 2.57 bits per heavy atom. The smallest absolute Gasteiger partial charge is 0.251 e. The number of carbonyl (C=O) groups is 1. The number of aromatic nitrogens is 2. The molecule has 2 aliphatic rings. The number of nitrogens with zero attached hydrogens (tertiary/aromatic N) is 4. The molecule has 11 heteroatoms. The lowest BCUT2D eigenvalue weighted by Crippen LogP contribution is -2.47. The molecule has 6 rings (SSSR count). The van der Waals surface area contributed by atoms with Crippen LogP contribution in [-0.4, -0.2) is 83.9 Å². The zero-order valence-corrected chi connectivity index (χ0v) is 33.0. The van der Waals surface area contributed by atoms with E-state index in [1.165, 1.54) is 0 Å². The van der Waals surface area contributed by atoms with Gasteiger partial charge in [-0.3, -0.25) is 13.9 Å². The summed E-state index contributed by atoms with van der Waals surface area (Å²) >= 11 is 0. The van der Waals surface area contributed by atoms with Gasteiger partial charge in [0, 0.05) is 60.7 Å². The summed E-state index contributed by atoms with van der Waals surface area (Å²) in [6.07, 6.45) is 8.53. The number of amides is 1. The van der Waals surface area contributed by atoms with E-state index in [9.17, 15) is 9.00 Å². The first kappa shape index (κ1) is 39.4. The van der Waals surface area contributed by atoms with Crippen LogP contribution in [0.3, 0.4) is 0 Å². The molecule has 0 bridgehead atoms. The second-order valence-corrected chi connectivity index (χ2v) is 15.6. The van der Waals surface area contributed by atoms with Crippen molar-refractivity contribution in [2.45, 2.75) is 76.1 Å². The van der Waals surface area contributed by atoms with Crippen molar-refractivity contribution in [2.24, 2.45) is 0 Å². The summed E-state index contributed by atoms with van der Waals surface area (Å²) in [7, 11) is 0.892. The molecule has 1 saturated heterocycles. The standard InChI is InChI=1S/C43H55N5O5S/c1-5-7-22-51-24-25-53-39-15-10-33(11-16-39)34-12-19-41-36(26-34)27-35(9-8-21-48(41)28-38-20-23-52-31-46(38)4)43(49)45-37-13-17-40(18-14-37)54(50)29-42-32(3)44-30-47(42)6-2/h10-19,26-27,30,38H,5-9,20-25,28-29,31H2,1-4H3,(H,45,49)/b35-27+. The zero-order chi connectivity index (χ0) is 37.9.